The fourth-order valence-corrected chi connectivity index (χ4v) is 2.78. The van der Waals surface area contributed by atoms with E-state index in [1.54, 1.807) is 12.1 Å². The molecule has 6 heteroatoms. The molecular formula is C18H22N4O2. The number of hydrogen-bond acceptors (Lipinski definition) is 5. The third kappa shape index (κ3) is 3.82. The van der Waals surface area contributed by atoms with Gasteiger partial charge in [0.25, 0.3) is 5.91 Å². The van der Waals surface area contributed by atoms with Crippen molar-refractivity contribution in [2.24, 2.45) is 0 Å². The number of nitrogens with zero attached hydrogens (tertiary/aromatic N) is 3. The van der Waals surface area contributed by atoms with Gasteiger partial charge in [-0.05, 0) is 50.5 Å². The zero-order valence-corrected chi connectivity index (χ0v) is 13.9. The van der Waals surface area contributed by atoms with Gasteiger partial charge in [0, 0.05) is 13.1 Å². The number of nitrogens with one attached hydrogen (secondary N) is 1. The molecule has 0 aliphatic carbocycles. The van der Waals surface area contributed by atoms with E-state index in [1.807, 2.05) is 31.2 Å². The molecule has 1 aromatic carbocycles. The standard InChI is InChI=1S/C18H22N4O2/c1-2-24-16-9-5-4-8-14(16)19-18(23)15-10-11-17(21-20-15)22-12-6-3-7-13-22/h4-5,8-11H,2-3,6-7,12-13H2,1H3,(H,19,23). The van der Waals surface area contributed by atoms with Crippen molar-refractivity contribution in [3.63, 3.8) is 0 Å². The zero-order valence-electron chi connectivity index (χ0n) is 13.9. The van der Waals surface area contributed by atoms with Gasteiger partial charge in [-0.2, -0.15) is 0 Å². The number of anilines is 2. The first kappa shape index (κ1) is 16.2. The first-order valence-electron chi connectivity index (χ1n) is 8.40. The van der Waals surface area contributed by atoms with Crippen LogP contribution in [0.4, 0.5) is 11.5 Å². The van der Waals surface area contributed by atoms with Gasteiger partial charge in [-0.15, -0.1) is 10.2 Å². The predicted octanol–water partition coefficient (Wildman–Crippen LogP) is 3.12. The molecule has 1 aliphatic rings. The third-order valence-electron chi connectivity index (χ3n) is 4.00. The molecule has 2 aromatic rings. The summed E-state index contributed by atoms with van der Waals surface area (Å²) in [5.41, 5.74) is 0.924. The van der Waals surface area contributed by atoms with Gasteiger partial charge < -0.3 is 15.0 Å². The highest BCUT2D eigenvalue weighted by atomic mass is 16.5. The lowest BCUT2D eigenvalue weighted by Gasteiger charge is -2.27. The number of piperidine rings is 1. The van der Waals surface area contributed by atoms with E-state index in [4.69, 9.17) is 4.74 Å². The normalized spacial score (nSPS) is 14.3. The molecule has 1 saturated heterocycles. The van der Waals surface area contributed by atoms with Crippen LogP contribution in [-0.4, -0.2) is 35.8 Å². The van der Waals surface area contributed by atoms with Gasteiger partial charge in [-0.1, -0.05) is 12.1 Å². The summed E-state index contributed by atoms with van der Waals surface area (Å²) in [6.45, 7) is 4.45. The molecule has 1 aromatic heterocycles. The van der Waals surface area contributed by atoms with Gasteiger partial charge in [-0.25, -0.2) is 0 Å². The Balaban J connectivity index is 1.69. The number of ether oxygens (including phenoxy) is 1. The summed E-state index contributed by atoms with van der Waals surface area (Å²) in [6, 6.07) is 10.9. The lowest BCUT2D eigenvalue weighted by atomic mass is 10.1. The van der Waals surface area contributed by atoms with Gasteiger partial charge >= 0.3 is 0 Å². The van der Waals surface area contributed by atoms with Crippen LogP contribution in [0.3, 0.4) is 0 Å². The zero-order chi connectivity index (χ0) is 16.8. The first-order chi connectivity index (χ1) is 11.8. The van der Waals surface area contributed by atoms with Crippen molar-refractivity contribution in [1.82, 2.24) is 10.2 Å². The van der Waals surface area contributed by atoms with E-state index in [2.05, 4.69) is 20.4 Å². The molecule has 0 atom stereocenters. The highest BCUT2D eigenvalue weighted by Crippen LogP contribution is 2.24. The number of carbonyl (C=O) groups is 1. The Morgan fingerprint density at radius 1 is 1.12 bits per heavy atom. The van der Waals surface area contributed by atoms with Crippen molar-refractivity contribution in [1.29, 1.82) is 0 Å². The number of carbonyl (C=O) groups excluding carboxylic acids is 1. The van der Waals surface area contributed by atoms with E-state index < -0.39 is 0 Å². The van der Waals surface area contributed by atoms with E-state index in [0.717, 1.165) is 18.9 Å². The second-order valence-electron chi connectivity index (χ2n) is 5.71. The Kier molecular flexibility index (Phi) is 5.25. The lowest BCUT2D eigenvalue weighted by molar-refractivity contribution is 0.102. The quantitative estimate of drug-likeness (QED) is 0.914. The Labute approximate surface area is 141 Å². The maximum atomic E-state index is 12.4. The van der Waals surface area contributed by atoms with Crippen molar-refractivity contribution >= 4 is 17.4 Å². The average Bonchev–Trinajstić information content (AvgIpc) is 2.64. The monoisotopic (exact) mass is 326 g/mol. The number of rotatable bonds is 5. The second kappa shape index (κ2) is 7.77. The molecule has 1 amide bonds. The van der Waals surface area contributed by atoms with E-state index in [1.165, 1.54) is 19.3 Å². The Hall–Kier alpha value is -2.63. The number of amides is 1. The smallest absolute Gasteiger partial charge is 0.276 e. The van der Waals surface area contributed by atoms with Crippen LogP contribution in [0, 0.1) is 0 Å². The molecule has 6 nitrogen and oxygen atoms in total. The van der Waals surface area contributed by atoms with Gasteiger partial charge in [0.15, 0.2) is 11.5 Å². The number of hydrogen-bond donors (Lipinski definition) is 1. The van der Waals surface area contributed by atoms with Crippen LogP contribution in [0.5, 0.6) is 5.75 Å². The highest BCUT2D eigenvalue weighted by molar-refractivity contribution is 6.03. The van der Waals surface area contributed by atoms with E-state index in [9.17, 15) is 4.79 Å². The maximum absolute atomic E-state index is 12.4. The molecule has 1 N–H and O–H groups in total. The van der Waals surface area contributed by atoms with Crippen molar-refractivity contribution in [2.45, 2.75) is 26.2 Å². The van der Waals surface area contributed by atoms with Crippen LogP contribution in [0.25, 0.3) is 0 Å². The van der Waals surface area contributed by atoms with E-state index in [0.29, 0.717) is 23.7 Å². The molecule has 1 aliphatic heterocycles. The van der Waals surface area contributed by atoms with Gasteiger partial charge in [0.2, 0.25) is 0 Å². The van der Waals surface area contributed by atoms with Crippen molar-refractivity contribution in [3.05, 3.63) is 42.1 Å². The third-order valence-corrected chi connectivity index (χ3v) is 4.00. The average molecular weight is 326 g/mol. The Morgan fingerprint density at radius 3 is 2.62 bits per heavy atom. The predicted molar refractivity (Wildman–Crippen MR) is 93.7 cm³/mol. The van der Waals surface area contributed by atoms with Crippen molar-refractivity contribution in [3.8, 4) is 5.75 Å². The fraction of sp³-hybridized carbons (Fsp3) is 0.389. The van der Waals surface area contributed by atoms with Crippen LogP contribution in [0.1, 0.15) is 36.7 Å². The molecule has 0 bridgehead atoms. The second-order valence-corrected chi connectivity index (χ2v) is 5.71. The van der Waals surface area contributed by atoms with E-state index >= 15 is 0 Å². The number of benzene rings is 1. The number of para-hydroxylation sites is 2. The summed E-state index contributed by atoms with van der Waals surface area (Å²) in [6.07, 6.45) is 3.62. The van der Waals surface area contributed by atoms with Gasteiger partial charge in [-0.3, -0.25) is 4.79 Å². The number of aromatic nitrogens is 2. The molecule has 24 heavy (non-hydrogen) atoms. The summed E-state index contributed by atoms with van der Waals surface area (Å²) in [7, 11) is 0. The molecular weight excluding hydrogens is 304 g/mol. The summed E-state index contributed by atoms with van der Waals surface area (Å²) in [4.78, 5) is 14.6. The molecule has 2 heterocycles. The molecule has 0 radical (unpaired) electrons. The highest BCUT2D eigenvalue weighted by Gasteiger charge is 2.15. The minimum atomic E-state index is -0.292. The summed E-state index contributed by atoms with van der Waals surface area (Å²) >= 11 is 0. The SMILES string of the molecule is CCOc1ccccc1NC(=O)c1ccc(N2CCCCC2)nn1. The summed E-state index contributed by atoms with van der Waals surface area (Å²) in [5.74, 6) is 1.19. The van der Waals surface area contributed by atoms with E-state index in [-0.39, 0.29) is 5.91 Å². The van der Waals surface area contributed by atoms with Crippen molar-refractivity contribution < 1.29 is 9.53 Å². The Bertz CT molecular complexity index is 682. The van der Waals surface area contributed by atoms with Crippen LogP contribution >= 0.6 is 0 Å². The van der Waals surface area contributed by atoms with Crippen LogP contribution < -0.4 is 15.0 Å². The topological polar surface area (TPSA) is 67.3 Å². The lowest BCUT2D eigenvalue weighted by Crippen LogP contribution is -2.30. The minimum Gasteiger partial charge on any atom is -0.492 e. The minimum absolute atomic E-state index is 0.292. The first-order valence-corrected chi connectivity index (χ1v) is 8.40. The fourth-order valence-electron chi connectivity index (χ4n) is 2.78. The van der Waals surface area contributed by atoms with Crippen LogP contribution in [0.2, 0.25) is 0 Å². The summed E-state index contributed by atoms with van der Waals surface area (Å²) < 4.78 is 5.51. The Morgan fingerprint density at radius 2 is 1.92 bits per heavy atom. The molecule has 0 saturated carbocycles. The van der Waals surface area contributed by atoms with Gasteiger partial charge in [0.05, 0.1) is 12.3 Å². The largest absolute Gasteiger partial charge is 0.492 e. The molecule has 0 spiro atoms. The molecule has 126 valence electrons. The van der Waals surface area contributed by atoms with Crippen LogP contribution in [0.15, 0.2) is 36.4 Å². The van der Waals surface area contributed by atoms with Gasteiger partial charge in [0.1, 0.15) is 5.75 Å². The van der Waals surface area contributed by atoms with Crippen molar-refractivity contribution in [2.75, 3.05) is 29.9 Å². The summed E-state index contributed by atoms with van der Waals surface area (Å²) in [5, 5.41) is 11.1. The molecule has 1 fully saturated rings. The molecule has 3 rings (SSSR count). The maximum Gasteiger partial charge on any atom is 0.276 e. The van der Waals surface area contributed by atoms with Crippen LogP contribution in [-0.2, 0) is 0 Å². The molecule has 0 unspecified atom stereocenters.